The second-order valence-electron chi connectivity index (χ2n) is 4.11. The number of carbonyl (C=O) groups excluding carboxylic acids is 3. The van der Waals surface area contributed by atoms with Crippen LogP contribution in [0.5, 0.6) is 0 Å². The van der Waals surface area contributed by atoms with E-state index in [2.05, 4.69) is 0 Å². The average Bonchev–Trinajstić information content (AvgIpc) is 2.62. The van der Waals surface area contributed by atoms with Crippen LogP contribution >= 0.6 is 0 Å². The van der Waals surface area contributed by atoms with E-state index in [-0.39, 0.29) is 25.7 Å². The van der Waals surface area contributed by atoms with Gasteiger partial charge in [0.15, 0.2) is 5.92 Å². The first-order valence-electron chi connectivity index (χ1n) is 6.02. The Morgan fingerprint density at radius 3 is 2.11 bits per heavy atom. The van der Waals surface area contributed by atoms with E-state index in [9.17, 15) is 14.4 Å². The molecule has 1 fully saturated rings. The maximum atomic E-state index is 11.8. The SMILES string of the molecule is CCOC(=O)C(C(=O)OCC)C1C(=O)OCC1C. The lowest BCUT2D eigenvalue weighted by atomic mass is 9.84. The van der Waals surface area contributed by atoms with Crippen LogP contribution < -0.4 is 0 Å². The van der Waals surface area contributed by atoms with E-state index < -0.39 is 29.7 Å². The lowest BCUT2D eigenvalue weighted by Gasteiger charge is -2.20. The molecule has 0 aromatic heterocycles. The van der Waals surface area contributed by atoms with Gasteiger partial charge in [0.2, 0.25) is 0 Å². The summed E-state index contributed by atoms with van der Waals surface area (Å²) in [6, 6.07) is 0. The predicted molar refractivity (Wildman–Crippen MR) is 60.4 cm³/mol. The molecule has 1 aliphatic rings. The second kappa shape index (κ2) is 6.37. The van der Waals surface area contributed by atoms with Gasteiger partial charge in [-0.15, -0.1) is 0 Å². The maximum Gasteiger partial charge on any atom is 0.321 e. The fraction of sp³-hybridized carbons (Fsp3) is 0.750. The van der Waals surface area contributed by atoms with Gasteiger partial charge in [-0.2, -0.15) is 0 Å². The quantitative estimate of drug-likeness (QED) is 0.407. The van der Waals surface area contributed by atoms with Crippen molar-refractivity contribution in [2.45, 2.75) is 20.8 Å². The van der Waals surface area contributed by atoms with Crippen LogP contribution in [0.1, 0.15) is 20.8 Å². The molecule has 1 rings (SSSR count). The van der Waals surface area contributed by atoms with E-state index in [0.717, 1.165) is 0 Å². The Bertz CT molecular complexity index is 319. The molecule has 6 nitrogen and oxygen atoms in total. The van der Waals surface area contributed by atoms with Gasteiger partial charge in [-0.25, -0.2) is 0 Å². The first kappa shape index (κ1) is 14.5. The van der Waals surface area contributed by atoms with Crippen LogP contribution in [-0.4, -0.2) is 37.7 Å². The van der Waals surface area contributed by atoms with E-state index in [1.807, 2.05) is 0 Å². The van der Waals surface area contributed by atoms with Gasteiger partial charge >= 0.3 is 17.9 Å². The van der Waals surface area contributed by atoms with Gasteiger partial charge in [0.1, 0.15) is 0 Å². The summed E-state index contributed by atoms with van der Waals surface area (Å²) in [6.45, 7) is 5.52. The van der Waals surface area contributed by atoms with E-state index in [4.69, 9.17) is 14.2 Å². The molecule has 1 saturated heterocycles. The van der Waals surface area contributed by atoms with Crippen molar-refractivity contribution in [1.82, 2.24) is 0 Å². The van der Waals surface area contributed by atoms with Crippen LogP contribution in [0.3, 0.4) is 0 Å². The third-order valence-electron chi connectivity index (χ3n) is 2.81. The minimum absolute atomic E-state index is 0.144. The Kier molecular flexibility index (Phi) is 5.12. The van der Waals surface area contributed by atoms with E-state index in [1.54, 1.807) is 20.8 Å². The van der Waals surface area contributed by atoms with Crippen molar-refractivity contribution in [3.8, 4) is 0 Å². The number of ether oxygens (including phenoxy) is 3. The molecule has 6 heteroatoms. The van der Waals surface area contributed by atoms with Crippen molar-refractivity contribution in [2.75, 3.05) is 19.8 Å². The molecular formula is C12H18O6. The molecule has 18 heavy (non-hydrogen) atoms. The molecule has 0 saturated carbocycles. The Morgan fingerprint density at radius 1 is 1.28 bits per heavy atom. The topological polar surface area (TPSA) is 78.9 Å². The standard InChI is InChI=1S/C12H18O6/c1-4-16-11(14)9(12(15)17-5-2)8-7(3)6-18-10(8)13/h7-9H,4-6H2,1-3H3. The molecule has 1 heterocycles. The largest absolute Gasteiger partial charge is 0.465 e. The smallest absolute Gasteiger partial charge is 0.321 e. The number of cyclic esters (lactones) is 1. The molecule has 0 spiro atoms. The Morgan fingerprint density at radius 2 is 1.78 bits per heavy atom. The zero-order chi connectivity index (χ0) is 13.7. The van der Waals surface area contributed by atoms with Gasteiger partial charge in [-0.1, -0.05) is 6.92 Å². The second-order valence-corrected chi connectivity index (χ2v) is 4.11. The molecule has 1 aliphatic heterocycles. The Hall–Kier alpha value is -1.59. The van der Waals surface area contributed by atoms with Crippen molar-refractivity contribution >= 4 is 17.9 Å². The monoisotopic (exact) mass is 258 g/mol. The number of rotatable bonds is 5. The summed E-state index contributed by atoms with van der Waals surface area (Å²) in [5.74, 6) is -4.26. The minimum atomic E-state index is -1.23. The highest BCUT2D eigenvalue weighted by atomic mass is 16.6. The van der Waals surface area contributed by atoms with Crippen molar-refractivity contribution < 1.29 is 28.6 Å². The normalized spacial score (nSPS) is 22.8. The summed E-state index contributed by atoms with van der Waals surface area (Å²) in [5.41, 5.74) is 0. The fourth-order valence-corrected chi connectivity index (χ4v) is 1.96. The first-order chi connectivity index (χ1) is 8.52. The van der Waals surface area contributed by atoms with E-state index in [1.165, 1.54) is 0 Å². The molecule has 2 unspecified atom stereocenters. The summed E-state index contributed by atoms with van der Waals surface area (Å²) >= 11 is 0. The molecule has 102 valence electrons. The highest BCUT2D eigenvalue weighted by Crippen LogP contribution is 2.30. The maximum absolute atomic E-state index is 11.8. The molecule has 2 atom stereocenters. The lowest BCUT2D eigenvalue weighted by Crippen LogP contribution is -2.38. The van der Waals surface area contributed by atoms with Gasteiger partial charge in [-0.05, 0) is 13.8 Å². The molecule has 0 aliphatic carbocycles. The summed E-state index contributed by atoms with van der Waals surface area (Å²) in [5, 5.41) is 0. The molecule has 0 aromatic carbocycles. The molecule has 0 amide bonds. The van der Waals surface area contributed by atoms with Crippen LogP contribution in [-0.2, 0) is 28.6 Å². The first-order valence-corrected chi connectivity index (χ1v) is 6.02. The molecule has 0 bridgehead atoms. The van der Waals surface area contributed by atoms with Crippen molar-refractivity contribution in [3.05, 3.63) is 0 Å². The van der Waals surface area contributed by atoms with E-state index in [0.29, 0.717) is 0 Å². The van der Waals surface area contributed by atoms with E-state index >= 15 is 0 Å². The van der Waals surface area contributed by atoms with Crippen LogP contribution in [0.4, 0.5) is 0 Å². The summed E-state index contributed by atoms with van der Waals surface area (Å²) in [6.07, 6.45) is 0. The van der Waals surface area contributed by atoms with Gasteiger partial charge < -0.3 is 14.2 Å². The number of esters is 3. The third kappa shape index (κ3) is 3.00. The van der Waals surface area contributed by atoms with Crippen LogP contribution in [0, 0.1) is 17.8 Å². The average molecular weight is 258 g/mol. The highest BCUT2D eigenvalue weighted by Gasteiger charge is 2.48. The zero-order valence-corrected chi connectivity index (χ0v) is 10.8. The van der Waals surface area contributed by atoms with Gasteiger partial charge in [0.25, 0.3) is 0 Å². The minimum Gasteiger partial charge on any atom is -0.465 e. The van der Waals surface area contributed by atoms with Crippen LogP contribution in [0.2, 0.25) is 0 Å². The number of hydrogen-bond acceptors (Lipinski definition) is 6. The van der Waals surface area contributed by atoms with Crippen LogP contribution in [0.15, 0.2) is 0 Å². The molecular weight excluding hydrogens is 240 g/mol. The zero-order valence-electron chi connectivity index (χ0n) is 10.8. The fourth-order valence-electron chi connectivity index (χ4n) is 1.96. The van der Waals surface area contributed by atoms with Crippen LogP contribution in [0.25, 0.3) is 0 Å². The summed E-state index contributed by atoms with van der Waals surface area (Å²) in [4.78, 5) is 35.2. The molecule has 0 N–H and O–H groups in total. The number of hydrogen-bond donors (Lipinski definition) is 0. The summed E-state index contributed by atoms with van der Waals surface area (Å²) < 4.78 is 14.5. The van der Waals surface area contributed by atoms with Gasteiger partial charge in [-0.3, -0.25) is 14.4 Å². The Labute approximate surface area is 106 Å². The molecule has 0 aromatic rings. The molecule has 0 radical (unpaired) electrons. The third-order valence-corrected chi connectivity index (χ3v) is 2.81. The predicted octanol–water partition coefficient (Wildman–Crippen LogP) is 0.538. The van der Waals surface area contributed by atoms with Gasteiger partial charge in [0, 0.05) is 5.92 Å². The van der Waals surface area contributed by atoms with Crippen molar-refractivity contribution in [3.63, 3.8) is 0 Å². The van der Waals surface area contributed by atoms with Crippen molar-refractivity contribution in [1.29, 1.82) is 0 Å². The lowest BCUT2D eigenvalue weighted by molar-refractivity contribution is -0.168. The highest BCUT2D eigenvalue weighted by molar-refractivity contribution is 5.99. The summed E-state index contributed by atoms with van der Waals surface area (Å²) in [7, 11) is 0. The van der Waals surface area contributed by atoms with Gasteiger partial charge in [0.05, 0.1) is 25.7 Å². The van der Waals surface area contributed by atoms with Crippen molar-refractivity contribution in [2.24, 2.45) is 17.8 Å². The number of carbonyl (C=O) groups is 3. The Balaban J connectivity index is 2.92.